The van der Waals surface area contributed by atoms with Gasteiger partial charge in [0.25, 0.3) is 5.91 Å². The van der Waals surface area contributed by atoms with Gasteiger partial charge in [-0.2, -0.15) is 0 Å². The van der Waals surface area contributed by atoms with E-state index in [9.17, 15) is 18.0 Å². The van der Waals surface area contributed by atoms with E-state index in [1.54, 1.807) is 7.11 Å². The van der Waals surface area contributed by atoms with Crippen LogP contribution in [0.5, 0.6) is 5.75 Å². The highest BCUT2D eigenvalue weighted by atomic mass is 32.2. The topological polar surface area (TPSA) is 98.8 Å². The minimum atomic E-state index is -2.95. The summed E-state index contributed by atoms with van der Waals surface area (Å²) in [6.07, 6.45) is 1.17. The Bertz CT molecular complexity index is 735. The van der Waals surface area contributed by atoms with Gasteiger partial charge in [-0.05, 0) is 24.5 Å². The number of benzene rings is 1. The zero-order valence-electron chi connectivity index (χ0n) is 14.6. The lowest BCUT2D eigenvalue weighted by atomic mass is 10.1. The van der Waals surface area contributed by atoms with Crippen molar-refractivity contribution in [2.45, 2.75) is 18.1 Å². The number of amides is 1. The van der Waals surface area contributed by atoms with Gasteiger partial charge in [-0.25, -0.2) is 8.42 Å². The molecule has 1 atom stereocenters. The minimum absolute atomic E-state index is 0.0503. The number of rotatable bonds is 9. The smallest absolute Gasteiger partial charge is 0.316 e. The van der Waals surface area contributed by atoms with E-state index in [0.717, 1.165) is 11.3 Å². The molecule has 1 N–H and O–H groups in total. The fourth-order valence-corrected chi connectivity index (χ4v) is 6.00. The van der Waals surface area contributed by atoms with E-state index < -0.39 is 15.8 Å². The lowest BCUT2D eigenvalue weighted by Crippen LogP contribution is -2.31. The van der Waals surface area contributed by atoms with E-state index >= 15 is 0 Å². The Morgan fingerprint density at radius 2 is 2.08 bits per heavy atom. The van der Waals surface area contributed by atoms with Crippen LogP contribution in [0.2, 0.25) is 0 Å². The number of thioether (sulfide) groups is 1. The number of carbonyl (C=O) groups excluding carboxylic acids is 2. The average molecular weight is 402 g/mol. The van der Waals surface area contributed by atoms with Crippen molar-refractivity contribution >= 4 is 33.5 Å². The van der Waals surface area contributed by atoms with Crippen LogP contribution in [0.1, 0.15) is 12.0 Å². The number of ether oxygens (including phenoxy) is 2. The third-order valence-corrected chi connectivity index (χ3v) is 7.16. The molecule has 1 aromatic rings. The van der Waals surface area contributed by atoms with Crippen LogP contribution < -0.4 is 10.1 Å². The lowest BCUT2D eigenvalue weighted by molar-refractivity contribution is -0.145. The van der Waals surface area contributed by atoms with Gasteiger partial charge in [0.15, 0.2) is 16.4 Å². The summed E-state index contributed by atoms with van der Waals surface area (Å²) >= 11 is 1.27. The molecule has 0 radical (unpaired) electrons. The summed E-state index contributed by atoms with van der Waals surface area (Å²) in [5.74, 6) is 0.206. The Balaban J connectivity index is 1.60. The molecule has 1 fully saturated rings. The summed E-state index contributed by atoms with van der Waals surface area (Å²) < 4.78 is 32.9. The Hall–Kier alpha value is -1.74. The van der Waals surface area contributed by atoms with E-state index in [1.807, 2.05) is 24.3 Å². The molecule has 0 spiro atoms. The maximum absolute atomic E-state index is 11.7. The van der Waals surface area contributed by atoms with Crippen LogP contribution in [-0.2, 0) is 30.6 Å². The first-order valence-corrected chi connectivity index (χ1v) is 11.1. The first-order chi connectivity index (χ1) is 12.4. The maximum Gasteiger partial charge on any atom is 0.316 e. The first kappa shape index (κ1) is 20.6. The fraction of sp³-hybridized carbons (Fsp3) is 0.529. The van der Waals surface area contributed by atoms with Crippen molar-refractivity contribution in [1.82, 2.24) is 5.32 Å². The second-order valence-corrected chi connectivity index (χ2v) is 9.43. The highest BCUT2D eigenvalue weighted by Crippen LogP contribution is 2.24. The molecule has 0 aliphatic carbocycles. The monoisotopic (exact) mass is 401 g/mol. The molecule has 7 nitrogen and oxygen atoms in total. The predicted molar refractivity (Wildman–Crippen MR) is 100 cm³/mol. The molecule has 144 valence electrons. The van der Waals surface area contributed by atoms with Gasteiger partial charge in [0, 0.05) is 11.8 Å². The molecule has 9 heteroatoms. The Morgan fingerprint density at radius 1 is 1.31 bits per heavy atom. The number of nitrogens with one attached hydrogen (secondary N) is 1. The highest BCUT2D eigenvalue weighted by molar-refractivity contribution is 8.02. The fourth-order valence-electron chi connectivity index (χ4n) is 2.56. The van der Waals surface area contributed by atoms with Crippen molar-refractivity contribution in [3.8, 4) is 5.75 Å². The highest BCUT2D eigenvalue weighted by Gasteiger charge is 2.28. The quantitative estimate of drug-likeness (QED) is 0.612. The van der Waals surface area contributed by atoms with E-state index in [2.05, 4.69) is 5.32 Å². The molecule has 1 aliphatic rings. The molecule has 1 aromatic carbocycles. The SMILES string of the molecule is COc1ccccc1CCNC(=O)COC(=O)CS[C@@H]1CCS(=O)(=O)C1. The summed E-state index contributed by atoms with van der Waals surface area (Å²) in [6, 6.07) is 7.55. The van der Waals surface area contributed by atoms with Gasteiger partial charge in [-0.15, -0.1) is 11.8 Å². The molecule has 1 aliphatic heterocycles. The molecule has 1 saturated heterocycles. The summed E-state index contributed by atoms with van der Waals surface area (Å²) in [7, 11) is -1.36. The molecular formula is C17H23NO6S2. The number of para-hydroxylation sites is 1. The first-order valence-electron chi connectivity index (χ1n) is 8.26. The molecule has 0 aromatic heterocycles. The van der Waals surface area contributed by atoms with Gasteiger partial charge in [0.05, 0.1) is 24.4 Å². The second-order valence-electron chi connectivity index (χ2n) is 5.91. The van der Waals surface area contributed by atoms with Crippen molar-refractivity contribution in [3.63, 3.8) is 0 Å². The Kier molecular flexibility index (Phi) is 7.77. The zero-order valence-corrected chi connectivity index (χ0v) is 16.2. The van der Waals surface area contributed by atoms with Gasteiger partial charge >= 0.3 is 5.97 Å². The number of methoxy groups -OCH3 is 1. The molecule has 0 saturated carbocycles. The molecular weight excluding hydrogens is 378 g/mol. The van der Waals surface area contributed by atoms with Gasteiger partial charge < -0.3 is 14.8 Å². The Morgan fingerprint density at radius 3 is 2.77 bits per heavy atom. The zero-order chi connectivity index (χ0) is 19.0. The van der Waals surface area contributed by atoms with Gasteiger partial charge in [0.2, 0.25) is 0 Å². The van der Waals surface area contributed by atoms with Crippen molar-refractivity contribution in [3.05, 3.63) is 29.8 Å². The minimum Gasteiger partial charge on any atom is -0.496 e. The van der Waals surface area contributed by atoms with Crippen LogP contribution in [0.25, 0.3) is 0 Å². The number of hydrogen-bond acceptors (Lipinski definition) is 7. The van der Waals surface area contributed by atoms with E-state index in [4.69, 9.17) is 9.47 Å². The predicted octanol–water partition coefficient (Wildman–Crippen LogP) is 0.817. The van der Waals surface area contributed by atoms with Crippen LogP contribution in [0.3, 0.4) is 0 Å². The summed E-state index contributed by atoms with van der Waals surface area (Å²) in [6.45, 7) is 0.0692. The van der Waals surface area contributed by atoms with Crippen LogP contribution in [0, 0.1) is 0 Å². The molecule has 0 unspecified atom stereocenters. The Labute approximate surface area is 157 Å². The average Bonchev–Trinajstić information content (AvgIpc) is 2.97. The van der Waals surface area contributed by atoms with E-state index in [1.165, 1.54) is 11.8 Å². The summed E-state index contributed by atoms with van der Waals surface area (Å²) in [4.78, 5) is 23.4. The van der Waals surface area contributed by atoms with E-state index in [-0.39, 0.29) is 35.0 Å². The van der Waals surface area contributed by atoms with Gasteiger partial charge in [-0.1, -0.05) is 18.2 Å². The largest absolute Gasteiger partial charge is 0.496 e. The number of hydrogen-bond donors (Lipinski definition) is 1. The van der Waals surface area contributed by atoms with Crippen LogP contribution in [0.4, 0.5) is 0 Å². The summed E-state index contributed by atoms with van der Waals surface area (Å²) in [5, 5.41) is 2.62. The third-order valence-electron chi connectivity index (χ3n) is 3.90. The maximum atomic E-state index is 11.7. The number of sulfone groups is 1. The number of esters is 1. The van der Waals surface area contributed by atoms with E-state index in [0.29, 0.717) is 19.4 Å². The second kappa shape index (κ2) is 9.82. The van der Waals surface area contributed by atoms with Gasteiger partial charge in [-0.3, -0.25) is 9.59 Å². The van der Waals surface area contributed by atoms with Crippen molar-refractivity contribution in [2.24, 2.45) is 0 Å². The van der Waals surface area contributed by atoms with Crippen molar-refractivity contribution in [2.75, 3.05) is 37.5 Å². The molecule has 26 heavy (non-hydrogen) atoms. The van der Waals surface area contributed by atoms with Crippen LogP contribution in [0.15, 0.2) is 24.3 Å². The van der Waals surface area contributed by atoms with Crippen molar-refractivity contribution in [1.29, 1.82) is 0 Å². The van der Waals surface area contributed by atoms with Crippen LogP contribution >= 0.6 is 11.8 Å². The van der Waals surface area contributed by atoms with Crippen molar-refractivity contribution < 1.29 is 27.5 Å². The standard InChI is InChI=1S/C17H23NO6S2/c1-23-15-5-3-2-4-13(15)6-8-18-16(19)10-24-17(20)11-25-14-7-9-26(21,22)12-14/h2-5,14H,6-12H2,1H3,(H,18,19)/t14-/m1/s1. The summed E-state index contributed by atoms with van der Waals surface area (Å²) in [5.41, 5.74) is 0.982. The molecule has 2 rings (SSSR count). The third kappa shape index (κ3) is 6.87. The van der Waals surface area contributed by atoms with Gasteiger partial charge in [0.1, 0.15) is 5.75 Å². The number of carbonyl (C=O) groups is 2. The molecule has 0 bridgehead atoms. The lowest BCUT2D eigenvalue weighted by Gasteiger charge is -2.10. The van der Waals surface area contributed by atoms with Crippen LogP contribution in [-0.4, -0.2) is 63.1 Å². The molecule has 1 heterocycles. The normalized spacial score (nSPS) is 18.3. The molecule has 1 amide bonds.